The summed E-state index contributed by atoms with van der Waals surface area (Å²) in [6.45, 7) is 6.75. The Hall–Kier alpha value is -2.60. The average Bonchev–Trinajstić information content (AvgIpc) is 3.11. The number of hydrogen-bond donors (Lipinski definition) is 0. The predicted octanol–water partition coefficient (Wildman–Crippen LogP) is 4.41. The predicted molar refractivity (Wildman–Crippen MR) is 108 cm³/mol. The first kappa shape index (κ1) is 19.2. The fraction of sp³-hybridized carbons (Fsp3) is 0.286. The molecule has 3 rings (SSSR count). The van der Waals surface area contributed by atoms with E-state index in [4.69, 9.17) is 4.42 Å². The highest BCUT2D eigenvalue weighted by atomic mass is 32.2. The van der Waals surface area contributed by atoms with E-state index in [1.165, 1.54) is 28.5 Å². The van der Waals surface area contributed by atoms with Gasteiger partial charge in [-0.3, -0.25) is 4.79 Å². The van der Waals surface area contributed by atoms with Crippen LogP contribution in [0.25, 0.3) is 11.5 Å². The third-order valence-corrected chi connectivity index (χ3v) is 5.16. The summed E-state index contributed by atoms with van der Waals surface area (Å²) in [7, 11) is 1.81. The maximum Gasteiger partial charge on any atom is 0.277 e. The summed E-state index contributed by atoms with van der Waals surface area (Å²) < 4.78 is 5.66. The van der Waals surface area contributed by atoms with Gasteiger partial charge in [0.15, 0.2) is 0 Å². The van der Waals surface area contributed by atoms with Crippen molar-refractivity contribution in [2.45, 2.75) is 32.5 Å². The molecule has 0 spiro atoms. The Bertz CT molecular complexity index is 935. The van der Waals surface area contributed by atoms with Gasteiger partial charge in [0.1, 0.15) is 0 Å². The van der Waals surface area contributed by atoms with Crippen LogP contribution in [-0.4, -0.2) is 33.8 Å². The molecule has 0 aliphatic rings. The largest absolute Gasteiger partial charge is 0.411 e. The molecule has 1 amide bonds. The summed E-state index contributed by atoms with van der Waals surface area (Å²) in [5, 5.41) is 8.50. The van der Waals surface area contributed by atoms with Crippen molar-refractivity contribution in [3.8, 4) is 11.5 Å². The molecule has 0 bridgehead atoms. The topological polar surface area (TPSA) is 59.2 Å². The number of carbonyl (C=O) groups excluding carboxylic acids is 1. The molecular weight excluding hydrogens is 358 g/mol. The molecule has 0 radical (unpaired) electrons. The van der Waals surface area contributed by atoms with Crippen molar-refractivity contribution >= 4 is 17.7 Å². The Morgan fingerprint density at radius 1 is 1.04 bits per heavy atom. The first-order valence-corrected chi connectivity index (χ1v) is 9.74. The van der Waals surface area contributed by atoms with Gasteiger partial charge in [-0.25, -0.2) is 0 Å². The van der Waals surface area contributed by atoms with Gasteiger partial charge in [0, 0.05) is 19.2 Å². The molecule has 0 N–H and O–H groups in total. The molecule has 5 nitrogen and oxygen atoms in total. The highest BCUT2D eigenvalue weighted by Crippen LogP contribution is 2.23. The molecule has 3 aromatic rings. The first-order chi connectivity index (χ1) is 12.9. The molecule has 2 aromatic carbocycles. The minimum Gasteiger partial charge on any atom is -0.411 e. The van der Waals surface area contributed by atoms with E-state index in [1.807, 2.05) is 38.2 Å². The van der Waals surface area contributed by atoms with E-state index < -0.39 is 0 Å². The minimum atomic E-state index is 0.0232. The van der Waals surface area contributed by atoms with Gasteiger partial charge in [-0.2, -0.15) is 0 Å². The maximum absolute atomic E-state index is 12.4. The first-order valence-electron chi connectivity index (χ1n) is 8.76. The number of aromatic nitrogens is 2. The van der Waals surface area contributed by atoms with Crippen molar-refractivity contribution < 1.29 is 9.21 Å². The van der Waals surface area contributed by atoms with Crippen LogP contribution in [0.15, 0.2) is 52.1 Å². The summed E-state index contributed by atoms with van der Waals surface area (Å²) in [5.74, 6) is 0.750. The maximum atomic E-state index is 12.4. The van der Waals surface area contributed by atoms with Gasteiger partial charge in [-0.15, -0.1) is 10.2 Å². The van der Waals surface area contributed by atoms with E-state index in [9.17, 15) is 4.79 Å². The summed E-state index contributed by atoms with van der Waals surface area (Å²) in [4.78, 5) is 14.2. The number of aryl methyl sites for hydroxylation is 3. The summed E-state index contributed by atoms with van der Waals surface area (Å²) in [6.07, 6.45) is 0. The quantitative estimate of drug-likeness (QED) is 0.592. The van der Waals surface area contributed by atoms with Crippen LogP contribution < -0.4 is 0 Å². The molecule has 1 aromatic heterocycles. The molecule has 0 saturated carbocycles. The lowest BCUT2D eigenvalue weighted by atomic mass is 10.1. The molecule has 0 aliphatic heterocycles. The zero-order valence-corrected chi connectivity index (χ0v) is 16.8. The van der Waals surface area contributed by atoms with Crippen LogP contribution in [-0.2, 0) is 11.3 Å². The lowest BCUT2D eigenvalue weighted by Gasteiger charge is -2.18. The van der Waals surface area contributed by atoms with Crippen LogP contribution in [0.2, 0.25) is 0 Å². The van der Waals surface area contributed by atoms with E-state index in [-0.39, 0.29) is 11.7 Å². The molecule has 1 heterocycles. The number of rotatable bonds is 6. The molecule has 0 aliphatic carbocycles. The van der Waals surface area contributed by atoms with Crippen molar-refractivity contribution in [1.29, 1.82) is 0 Å². The normalized spacial score (nSPS) is 10.8. The third-order valence-electron chi connectivity index (χ3n) is 4.36. The Labute approximate surface area is 163 Å². The van der Waals surface area contributed by atoms with Gasteiger partial charge >= 0.3 is 0 Å². The van der Waals surface area contributed by atoms with Gasteiger partial charge in [-0.05, 0) is 44.0 Å². The number of carbonyl (C=O) groups is 1. The molecule has 0 unspecified atom stereocenters. The molecule has 0 fully saturated rings. The van der Waals surface area contributed by atoms with Crippen molar-refractivity contribution in [2.24, 2.45) is 0 Å². The van der Waals surface area contributed by atoms with Gasteiger partial charge in [0.2, 0.25) is 11.8 Å². The fourth-order valence-electron chi connectivity index (χ4n) is 2.68. The second-order valence-corrected chi connectivity index (χ2v) is 7.63. The Morgan fingerprint density at radius 3 is 2.44 bits per heavy atom. The van der Waals surface area contributed by atoms with Crippen LogP contribution in [0.5, 0.6) is 0 Å². The van der Waals surface area contributed by atoms with Crippen LogP contribution in [0.3, 0.4) is 0 Å². The number of benzene rings is 2. The zero-order chi connectivity index (χ0) is 19.4. The van der Waals surface area contributed by atoms with Crippen LogP contribution in [0.4, 0.5) is 0 Å². The third kappa shape index (κ3) is 4.98. The molecule has 0 atom stereocenters. The molecule has 6 heteroatoms. The number of amides is 1. The molecule has 140 valence electrons. The molecular formula is C21H23N3O2S. The van der Waals surface area contributed by atoms with Gasteiger partial charge in [0.05, 0.1) is 5.75 Å². The molecule has 0 saturated heterocycles. The van der Waals surface area contributed by atoms with Crippen molar-refractivity contribution in [3.63, 3.8) is 0 Å². The van der Waals surface area contributed by atoms with Crippen molar-refractivity contribution in [2.75, 3.05) is 12.8 Å². The monoisotopic (exact) mass is 381 g/mol. The van der Waals surface area contributed by atoms with Crippen LogP contribution in [0.1, 0.15) is 22.3 Å². The van der Waals surface area contributed by atoms with Gasteiger partial charge in [-0.1, -0.05) is 53.2 Å². The lowest BCUT2D eigenvalue weighted by Crippen LogP contribution is -2.28. The Balaban J connectivity index is 1.56. The number of thioether (sulfide) groups is 1. The van der Waals surface area contributed by atoms with E-state index >= 15 is 0 Å². The SMILES string of the molecule is Cc1ccc(-c2nnc(SCC(=O)N(C)Cc3ccc(C)cc3C)o2)cc1. The van der Waals surface area contributed by atoms with Crippen molar-refractivity contribution in [1.82, 2.24) is 15.1 Å². The van der Waals surface area contributed by atoms with Crippen LogP contribution in [0, 0.1) is 20.8 Å². The van der Waals surface area contributed by atoms with Gasteiger partial charge in [0.25, 0.3) is 5.22 Å². The van der Waals surface area contributed by atoms with Gasteiger partial charge < -0.3 is 9.32 Å². The molecule has 27 heavy (non-hydrogen) atoms. The van der Waals surface area contributed by atoms with E-state index in [0.717, 1.165) is 11.1 Å². The summed E-state index contributed by atoms with van der Waals surface area (Å²) >= 11 is 1.26. The lowest BCUT2D eigenvalue weighted by molar-refractivity contribution is -0.127. The summed E-state index contributed by atoms with van der Waals surface area (Å²) in [6, 6.07) is 14.2. The standard InChI is InChI=1S/C21H23N3O2S/c1-14-5-8-17(9-6-14)20-22-23-21(26-20)27-13-19(25)24(4)12-18-10-7-15(2)11-16(18)3/h5-11H,12-13H2,1-4H3. The number of hydrogen-bond acceptors (Lipinski definition) is 5. The van der Waals surface area contributed by atoms with E-state index in [0.29, 0.717) is 17.7 Å². The van der Waals surface area contributed by atoms with E-state index in [1.54, 1.807) is 4.90 Å². The highest BCUT2D eigenvalue weighted by Gasteiger charge is 2.14. The van der Waals surface area contributed by atoms with Crippen LogP contribution >= 0.6 is 11.8 Å². The second kappa shape index (κ2) is 8.39. The van der Waals surface area contributed by atoms with E-state index in [2.05, 4.69) is 42.2 Å². The minimum absolute atomic E-state index is 0.0232. The Morgan fingerprint density at radius 2 is 1.74 bits per heavy atom. The summed E-state index contributed by atoms with van der Waals surface area (Å²) in [5.41, 5.74) is 5.62. The smallest absolute Gasteiger partial charge is 0.277 e. The highest BCUT2D eigenvalue weighted by molar-refractivity contribution is 7.99. The zero-order valence-electron chi connectivity index (χ0n) is 16.0. The van der Waals surface area contributed by atoms with Crippen molar-refractivity contribution in [3.05, 3.63) is 64.7 Å². The Kier molecular flexibility index (Phi) is 5.96. The number of nitrogens with zero attached hydrogens (tertiary/aromatic N) is 3. The second-order valence-electron chi connectivity index (χ2n) is 6.71. The fourth-order valence-corrected chi connectivity index (χ4v) is 3.39. The average molecular weight is 382 g/mol.